The third-order valence-electron chi connectivity index (χ3n) is 3.89. The Morgan fingerprint density at radius 2 is 1.61 bits per heavy atom. The SMILES string of the molecule is COc1c(Cl)cc(-c2nc3cc(C)c(C)cc3[nH]2)c(OC)c1Cl. The lowest BCUT2D eigenvalue weighted by molar-refractivity contribution is 0.396. The van der Waals surface area contributed by atoms with E-state index in [1.54, 1.807) is 13.2 Å². The largest absolute Gasteiger partial charge is 0.494 e. The molecule has 3 rings (SSSR count). The molecule has 23 heavy (non-hydrogen) atoms. The predicted octanol–water partition coefficient (Wildman–Crippen LogP) is 5.17. The summed E-state index contributed by atoms with van der Waals surface area (Å²) in [4.78, 5) is 7.93. The monoisotopic (exact) mass is 350 g/mol. The lowest BCUT2D eigenvalue weighted by Crippen LogP contribution is -1.94. The summed E-state index contributed by atoms with van der Waals surface area (Å²) in [6.07, 6.45) is 0. The Bertz CT molecular complexity index is 864. The molecule has 4 nitrogen and oxygen atoms in total. The van der Waals surface area contributed by atoms with Crippen LogP contribution in [-0.2, 0) is 0 Å². The maximum absolute atomic E-state index is 6.34. The topological polar surface area (TPSA) is 47.1 Å². The molecule has 1 aromatic heterocycles. The Hall–Kier alpha value is -1.91. The molecule has 0 saturated heterocycles. The zero-order chi connectivity index (χ0) is 16.7. The van der Waals surface area contributed by atoms with Gasteiger partial charge in [-0.3, -0.25) is 0 Å². The van der Waals surface area contributed by atoms with Gasteiger partial charge in [-0.2, -0.15) is 0 Å². The van der Waals surface area contributed by atoms with Crippen LogP contribution in [0.25, 0.3) is 22.4 Å². The van der Waals surface area contributed by atoms with E-state index < -0.39 is 0 Å². The third kappa shape index (κ3) is 2.62. The van der Waals surface area contributed by atoms with Gasteiger partial charge in [-0.05, 0) is 43.2 Å². The number of hydrogen-bond acceptors (Lipinski definition) is 3. The van der Waals surface area contributed by atoms with Crippen molar-refractivity contribution >= 4 is 34.2 Å². The minimum absolute atomic E-state index is 0.324. The number of nitrogens with zero attached hydrogens (tertiary/aromatic N) is 1. The van der Waals surface area contributed by atoms with Gasteiger partial charge in [0.05, 0.1) is 35.8 Å². The maximum Gasteiger partial charge on any atom is 0.159 e. The highest BCUT2D eigenvalue weighted by Crippen LogP contribution is 2.45. The summed E-state index contributed by atoms with van der Waals surface area (Å²) in [5.41, 5.74) is 4.91. The van der Waals surface area contributed by atoms with Crippen molar-refractivity contribution in [2.75, 3.05) is 14.2 Å². The summed E-state index contributed by atoms with van der Waals surface area (Å²) < 4.78 is 10.7. The lowest BCUT2D eigenvalue weighted by atomic mass is 10.1. The van der Waals surface area contributed by atoms with Crippen LogP contribution in [0.3, 0.4) is 0 Å². The normalized spacial score (nSPS) is 11.0. The number of ether oxygens (including phenoxy) is 2. The van der Waals surface area contributed by atoms with Crippen molar-refractivity contribution in [2.45, 2.75) is 13.8 Å². The first-order valence-corrected chi connectivity index (χ1v) is 7.79. The van der Waals surface area contributed by atoms with Crippen molar-refractivity contribution in [2.24, 2.45) is 0 Å². The molecule has 1 heterocycles. The van der Waals surface area contributed by atoms with E-state index in [0.29, 0.717) is 32.9 Å². The van der Waals surface area contributed by atoms with Crippen LogP contribution >= 0.6 is 23.2 Å². The number of halogens is 2. The second kappa shape index (κ2) is 5.95. The molecule has 0 amide bonds. The number of H-pyrrole nitrogens is 1. The van der Waals surface area contributed by atoms with Crippen molar-refractivity contribution in [1.82, 2.24) is 9.97 Å². The zero-order valence-electron chi connectivity index (χ0n) is 13.3. The number of methoxy groups -OCH3 is 2. The van der Waals surface area contributed by atoms with Crippen molar-refractivity contribution in [3.05, 3.63) is 39.4 Å². The summed E-state index contributed by atoms with van der Waals surface area (Å²) in [6, 6.07) is 5.85. The van der Waals surface area contributed by atoms with Gasteiger partial charge in [0.2, 0.25) is 0 Å². The second-order valence-corrected chi connectivity index (χ2v) is 6.11. The second-order valence-electron chi connectivity index (χ2n) is 5.33. The van der Waals surface area contributed by atoms with E-state index in [2.05, 4.69) is 29.9 Å². The lowest BCUT2D eigenvalue weighted by Gasteiger charge is -2.13. The van der Waals surface area contributed by atoms with Crippen LogP contribution in [0.15, 0.2) is 18.2 Å². The van der Waals surface area contributed by atoms with E-state index >= 15 is 0 Å². The van der Waals surface area contributed by atoms with Gasteiger partial charge in [-0.1, -0.05) is 23.2 Å². The van der Waals surface area contributed by atoms with Crippen molar-refractivity contribution in [3.8, 4) is 22.9 Å². The van der Waals surface area contributed by atoms with E-state index in [1.165, 1.54) is 18.2 Å². The molecule has 1 N–H and O–H groups in total. The molecule has 0 aliphatic rings. The molecule has 3 aromatic rings. The highest BCUT2D eigenvalue weighted by Gasteiger charge is 2.20. The first-order valence-electron chi connectivity index (χ1n) is 7.03. The van der Waals surface area contributed by atoms with Gasteiger partial charge < -0.3 is 14.5 Å². The Morgan fingerprint density at radius 3 is 2.26 bits per heavy atom. The maximum atomic E-state index is 6.34. The number of nitrogens with one attached hydrogen (secondary N) is 1. The quantitative estimate of drug-likeness (QED) is 0.708. The van der Waals surface area contributed by atoms with E-state index in [0.717, 1.165) is 11.0 Å². The predicted molar refractivity (Wildman–Crippen MR) is 94.1 cm³/mol. The molecule has 120 valence electrons. The molecule has 0 bridgehead atoms. The van der Waals surface area contributed by atoms with Crippen LogP contribution < -0.4 is 9.47 Å². The summed E-state index contributed by atoms with van der Waals surface area (Å²) in [5, 5.41) is 0.728. The standard InChI is InChI=1S/C17H16Cl2N2O2/c1-8-5-12-13(6-9(8)2)21-17(20-12)10-7-11(18)16(23-4)14(19)15(10)22-3/h5-7H,1-4H3,(H,20,21). The van der Waals surface area contributed by atoms with Gasteiger partial charge >= 0.3 is 0 Å². The summed E-state index contributed by atoms with van der Waals surface area (Å²) in [6.45, 7) is 4.13. The summed E-state index contributed by atoms with van der Waals surface area (Å²) >= 11 is 12.6. The molecule has 6 heteroatoms. The van der Waals surface area contributed by atoms with Crippen LogP contribution in [0.5, 0.6) is 11.5 Å². The number of aryl methyl sites for hydroxylation is 2. The molecular weight excluding hydrogens is 335 g/mol. The highest BCUT2D eigenvalue weighted by molar-refractivity contribution is 6.38. The van der Waals surface area contributed by atoms with Gasteiger partial charge in [0.25, 0.3) is 0 Å². The molecule has 0 unspecified atom stereocenters. The van der Waals surface area contributed by atoms with Gasteiger partial charge in [0, 0.05) is 0 Å². The van der Waals surface area contributed by atoms with Gasteiger partial charge in [0.15, 0.2) is 11.5 Å². The Balaban J connectivity index is 2.26. The fraction of sp³-hybridized carbons (Fsp3) is 0.235. The van der Waals surface area contributed by atoms with Crippen LogP contribution in [0.4, 0.5) is 0 Å². The molecule has 2 aromatic carbocycles. The molecule has 0 atom stereocenters. The van der Waals surface area contributed by atoms with Crippen LogP contribution in [0.2, 0.25) is 10.0 Å². The van der Waals surface area contributed by atoms with Crippen molar-refractivity contribution < 1.29 is 9.47 Å². The molecule has 0 aliphatic heterocycles. The van der Waals surface area contributed by atoms with Gasteiger partial charge in [-0.15, -0.1) is 0 Å². The minimum Gasteiger partial charge on any atom is -0.494 e. The van der Waals surface area contributed by atoms with Crippen LogP contribution in [-0.4, -0.2) is 24.2 Å². The number of rotatable bonds is 3. The molecular formula is C17H16Cl2N2O2. The van der Waals surface area contributed by atoms with Crippen LogP contribution in [0.1, 0.15) is 11.1 Å². The zero-order valence-corrected chi connectivity index (χ0v) is 14.8. The van der Waals surface area contributed by atoms with Crippen molar-refractivity contribution in [1.29, 1.82) is 0 Å². The average molecular weight is 351 g/mol. The van der Waals surface area contributed by atoms with Crippen LogP contribution in [0, 0.1) is 13.8 Å². The average Bonchev–Trinajstić information content (AvgIpc) is 2.90. The molecule has 0 fully saturated rings. The summed E-state index contributed by atoms with van der Waals surface area (Å²) in [7, 11) is 3.06. The number of hydrogen-bond donors (Lipinski definition) is 1. The number of benzene rings is 2. The Morgan fingerprint density at radius 1 is 0.957 bits per heavy atom. The number of imidazole rings is 1. The minimum atomic E-state index is 0.324. The number of aromatic nitrogens is 2. The smallest absolute Gasteiger partial charge is 0.159 e. The molecule has 0 saturated carbocycles. The Kier molecular flexibility index (Phi) is 4.13. The first-order chi connectivity index (χ1) is 11.0. The van der Waals surface area contributed by atoms with Crippen molar-refractivity contribution in [3.63, 3.8) is 0 Å². The van der Waals surface area contributed by atoms with E-state index in [-0.39, 0.29) is 0 Å². The fourth-order valence-corrected chi connectivity index (χ4v) is 3.23. The first kappa shape index (κ1) is 16.0. The highest BCUT2D eigenvalue weighted by atomic mass is 35.5. The van der Waals surface area contributed by atoms with E-state index in [4.69, 9.17) is 32.7 Å². The van der Waals surface area contributed by atoms with Gasteiger partial charge in [0.1, 0.15) is 10.8 Å². The fourth-order valence-electron chi connectivity index (χ4n) is 2.54. The van der Waals surface area contributed by atoms with E-state index in [9.17, 15) is 0 Å². The van der Waals surface area contributed by atoms with E-state index in [1.807, 2.05) is 6.07 Å². The number of aromatic amines is 1. The third-order valence-corrected chi connectivity index (χ3v) is 4.52. The Labute approximate surface area is 144 Å². The van der Waals surface area contributed by atoms with Gasteiger partial charge in [-0.25, -0.2) is 4.98 Å². The summed E-state index contributed by atoms with van der Waals surface area (Å²) in [5.74, 6) is 1.51. The molecule has 0 spiro atoms. The number of fused-ring (bicyclic) bond motifs is 1. The molecule has 0 aliphatic carbocycles. The molecule has 0 radical (unpaired) electrons.